The Kier molecular flexibility index (Phi) is 2.96. The average molecular weight is 222 g/mol. The van der Waals surface area contributed by atoms with E-state index in [-0.39, 0.29) is 11.3 Å². The molecule has 1 fully saturated rings. The topological polar surface area (TPSA) is 72.9 Å². The van der Waals surface area contributed by atoms with Gasteiger partial charge in [-0.15, -0.1) is 0 Å². The van der Waals surface area contributed by atoms with E-state index in [1.54, 1.807) is 16.9 Å². The molecule has 5 heteroatoms. The van der Waals surface area contributed by atoms with Crippen molar-refractivity contribution in [2.75, 3.05) is 11.9 Å². The summed E-state index contributed by atoms with van der Waals surface area (Å²) in [4.78, 5) is 11.8. The highest BCUT2D eigenvalue weighted by atomic mass is 16.1. The Hall–Kier alpha value is -1.36. The maximum Gasteiger partial charge on any atom is 0.226 e. The van der Waals surface area contributed by atoms with Gasteiger partial charge in [-0.25, -0.2) is 0 Å². The lowest BCUT2D eigenvalue weighted by Crippen LogP contribution is -2.40. The smallest absolute Gasteiger partial charge is 0.226 e. The molecule has 1 heterocycles. The second kappa shape index (κ2) is 4.25. The molecule has 0 saturated heterocycles. The van der Waals surface area contributed by atoms with Gasteiger partial charge in [-0.3, -0.25) is 9.48 Å². The van der Waals surface area contributed by atoms with Gasteiger partial charge in [0.15, 0.2) is 5.82 Å². The fourth-order valence-corrected chi connectivity index (χ4v) is 2.14. The zero-order valence-corrected chi connectivity index (χ0v) is 9.57. The summed E-state index contributed by atoms with van der Waals surface area (Å²) < 4.78 is 1.66. The largest absolute Gasteiger partial charge is 0.330 e. The van der Waals surface area contributed by atoms with Gasteiger partial charge in [-0.05, 0) is 24.8 Å². The number of carbonyl (C=O) groups excluding carboxylic acids is 1. The summed E-state index contributed by atoms with van der Waals surface area (Å²) in [5.74, 6) is 0.628. The van der Waals surface area contributed by atoms with Crippen molar-refractivity contribution in [3.63, 3.8) is 0 Å². The first-order chi connectivity index (χ1) is 7.63. The molecule has 0 bridgehead atoms. The molecule has 0 unspecified atom stereocenters. The maximum atomic E-state index is 11.8. The fourth-order valence-electron chi connectivity index (χ4n) is 2.14. The molecule has 0 aromatic carbocycles. The van der Waals surface area contributed by atoms with Crippen molar-refractivity contribution in [3.8, 4) is 0 Å². The van der Waals surface area contributed by atoms with Gasteiger partial charge in [-0.1, -0.05) is 6.42 Å². The van der Waals surface area contributed by atoms with Crippen molar-refractivity contribution in [1.29, 1.82) is 0 Å². The molecule has 0 radical (unpaired) electrons. The van der Waals surface area contributed by atoms with Crippen LogP contribution in [-0.2, 0) is 11.8 Å². The highest BCUT2D eigenvalue weighted by Crippen LogP contribution is 2.42. The zero-order valence-electron chi connectivity index (χ0n) is 9.57. The summed E-state index contributed by atoms with van der Waals surface area (Å²) >= 11 is 0. The molecule has 1 aromatic rings. The Bertz CT molecular complexity index is 376. The summed E-state index contributed by atoms with van der Waals surface area (Å²) in [5.41, 5.74) is 5.77. The van der Waals surface area contributed by atoms with Gasteiger partial charge in [0.05, 0.1) is 0 Å². The van der Waals surface area contributed by atoms with Gasteiger partial charge in [0.2, 0.25) is 5.91 Å². The number of aromatic nitrogens is 2. The van der Waals surface area contributed by atoms with Gasteiger partial charge in [0, 0.05) is 25.7 Å². The minimum atomic E-state index is 0.0175. The van der Waals surface area contributed by atoms with E-state index >= 15 is 0 Å². The van der Waals surface area contributed by atoms with E-state index in [1.165, 1.54) is 6.42 Å². The lowest BCUT2D eigenvalue weighted by atomic mass is 9.66. The molecule has 1 aliphatic carbocycles. The first-order valence-corrected chi connectivity index (χ1v) is 5.63. The third kappa shape index (κ3) is 2.24. The summed E-state index contributed by atoms with van der Waals surface area (Å²) in [6.07, 6.45) is 5.64. The van der Waals surface area contributed by atoms with Crippen LogP contribution < -0.4 is 11.1 Å². The van der Waals surface area contributed by atoms with Gasteiger partial charge in [0.25, 0.3) is 0 Å². The molecule has 88 valence electrons. The number of amides is 1. The van der Waals surface area contributed by atoms with E-state index in [0.717, 1.165) is 12.8 Å². The Morgan fingerprint density at radius 3 is 2.88 bits per heavy atom. The Morgan fingerprint density at radius 1 is 1.69 bits per heavy atom. The second-order valence-electron chi connectivity index (χ2n) is 4.66. The number of hydrogen-bond donors (Lipinski definition) is 2. The molecule has 1 aromatic heterocycles. The van der Waals surface area contributed by atoms with Crippen molar-refractivity contribution in [2.24, 2.45) is 18.2 Å². The molecule has 5 nitrogen and oxygen atoms in total. The second-order valence-corrected chi connectivity index (χ2v) is 4.66. The molecule has 1 saturated carbocycles. The molecular formula is C11H18N4O. The summed E-state index contributed by atoms with van der Waals surface area (Å²) in [5, 5.41) is 6.90. The number of nitrogens with two attached hydrogens (primary N) is 1. The van der Waals surface area contributed by atoms with Crippen molar-refractivity contribution in [2.45, 2.75) is 25.7 Å². The van der Waals surface area contributed by atoms with E-state index in [1.807, 2.05) is 7.05 Å². The molecule has 1 aliphatic rings. The summed E-state index contributed by atoms with van der Waals surface area (Å²) in [6, 6.07) is 1.79. The predicted molar refractivity (Wildman–Crippen MR) is 61.8 cm³/mol. The number of nitrogens with one attached hydrogen (secondary N) is 1. The standard InChI is InChI=1S/C11H18N4O/c1-15-6-3-9(14-15)13-10(16)7-11(8-12)4-2-5-11/h3,6H,2,4-5,7-8,12H2,1H3,(H,13,14,16). The Labute approximate surface area is 95.0 Å². The highest BCUT2D eigenvalue weighted by molar-refractivity contribution is 5.90. The summed E-state index contributed by atoms with van der Waals surface area (Å²) in [6.45, 7) is 0.600. The van der Waals surface area contributed by atoms with E-state index in [9.17, 15) is 4.79 Å². The lowest BCUT2D eigenvalue weighted by molar-refractivity contribution is -0.119. The number of nitrogens with zero attached hydrogens (tertiary/aromatic N) is 2. The van der Waals surface area contributed by atoms with Crippen LogP contribution in [0.2, 0.25) is 0 Å². The number of hydrogen-bond acceptors (Lipinski definition) is 3. The van der Waals surface area contributed by atoms with Crippen LogP contribution in [0.4, 0.5) is 5.82 Å². The van der Waals surface area contributed by atoms with Crippen LogP contribution in [0.1, 0.15) is 25.7 Å². The first kappa shape index (κ1) is 11.1. The van der Waals surface area contributed by atoms with Crippen LogP contribution in [0.15, 0.2) is 12.3 Å². The maximum absolute atomic E-state index is 11.8. The van der Waals surface area contributed by atoms with Crippen LogP contribution in [0, 0.1) is 5.41 Å². The van der Waals surface area contributed by atoms with Crippen LogP contribution >= 0.6 is 0 Å². The number of rotatable bonds is 4. The van der Waals surface area contributed by atoms with Crippen LogP contribution in [0.5, 0.6) is 0 Å². The normalized spacial score (nSPS) is 17.9. The average Bonchev–Trinajstić information content (AvgIpc) is 2.57. The molecule has 0 atom stereocenters. The quantitative estimate of drug-likeness (QED) is 0.794. The molecule has 3 N–H and O–H groups in total. The van der Waals surface area contributed by atoms with Gasteiger partial charge in [0.1, 0.15) is 0 Å². The van der Waals surface area contributed by atoms with E-state index in [2.05, 4.69) is 10.4 Å². The van der Waals surface area contributed by atoms with Crippen LogP contribution in [0.25, 0.3) is 0 Å². The minimum Gasteiger partial charge on any atom is -0.330 e. The summed E-state index contributed by atoms with van der Waals surface area (Å²) in [7, 11) is 1.82. The Balaban J connectivity index is 1.89. The minimum absolute atomic E-state index is 0.0175. The fraction of sp³-hybridized carbons (Fsp3) is 0.636. The predicted octanol–water partition coefficient (Wildman–Crippen LogP) is 0.878. The van der Waals surface area contributed by atoms with Gasteiger partial charge >= 0.3 is 0 Å². The third-order valence-corrected chi connectivity index (χ3v) is 3.36. The van der Waals surface area contributed by atoms with Crippen LogP contribution in [0.3, 0.4) is 0 Å². The number of aryl methyl sites for hydroxylation is 1. The van der Waals surface area contributed by atoms with Crippen molar-refractivity contribution < 1.29 is 4.79 Å². The Morgan fingerprint density at radius 2 is 2.44 bits per heavy atom. The first-order valence-electron chi connectivity index (χ1n) is 5.63. The molecule has 1 amide bonds. The monoisotopic (exact) mass is 222 g/mol. The molecule has 16 heavy (non-hydrogen) atoms. The molecular weight excluding hydrogens is 204 g/mol. The van der Waals surface area contributed by atoms with Crippen molar-refractivity contribution >= 4 is 11.7 Å². The van der Waals surface area contributed by atoms with Gasteiger partial charge in [-0.2, -0.15) is 5.10 Å². The molecule has 2 rings (SSSR count). The van der Waals surface area contributed by atoms with Gasteiger partial charge < -0.3 is 11.1 Å². The number of anilines is 1. The van der Waals surface area contributed by atoms with Crippen molar-refractivity contribution in [1.82, 2.24) is 9.78 Å². The zero-order chi connectivity index (χ0) is 11.6. The lowest BCUT2D eigenvalue weighted by Gasteiger charge is -2.40. The number of carbonyl (C=O) groups is 1. The highest BCUT2D eigenvalue weighted by Gasteiger charge is 2.37. The van der Waals surface area contributed by atoms with E-state index in [0.29, 0.717) is 18.8 Å². The van der Waals surface area contributed by atoms with E-state index < -0.39 is 0 Å². The molecule has 0 aliphatic heterocycles. The third-order valence-electron chi connectivity index (χ3n) is 3.36. The van der Waals surface area contributed by atoms with E-state index in [4.69, 9.17) is 5.73 Å². The van der Waals surface area contributed by atoms with Crippen molar-refractivity contribution in [3.05, 3.63) is 12.3 Å². The van der Waals surface area contributed by atoms with Crippen LogP contribution in [-0.4, -0.2) is 22.2 Å². The SMILES string of the molecule is Cn1ccc(NC(=O)CC2(CN)CCC2)n1. The molecule has 0 spiro atoms.